The number of amides is 1. The van der Waals surface area contributed by atoms with Gasteiger partial charge in [-0.05, 0) is 74.4 Å². The van der Waals surface area contributed by atoms with Gasteiger partial charge in [0.1, 0.15) is 0 Å². The number of carbonyl (C=O) groups is 1. The highest BCUT2D eigenvalue weighted by Crippen LogP contribution is 2.21. The molecule has 0 aromatic heterocycles. The van der Waals surface area contributed by atoms with E-state index in [-0.39, 0.29) is 5.91 Å². The molecular formula is C19H28N2OS. The number of hydrogen-bond acceptors (Lipinski definition) is 3. The van der Waals surface area contributed by atoms with Gasteiger partial charge in [-0.3, -0.25) is 9.69 Å². The second kappa shape index (κ2) is 8.20. The molecule has 1 aromatic rings. The van der Waals surface area contributed by atoms with Crippen LogP contribution in [0.5, 0.6) is 0 Å². The van der Waals surface area contributed by atoms with Crippen molar-refractivity contribution in [2.75, 3.05) is 38.2 Å². The molecule has 2 aliphatic heterocycles. The van der Waals surface area contributed by atoms with Crippen LogP contribution in [-0.4, -0.2) is 53.9 Å². The van der Waals surface area contributed by atoms with E-state index in [0.29, 0.717) is 5.92 Å². The zero-order chi connectivity index (χ0) is 16.1. The number of carbonyl (C=O) groups excluding carboxylic acids is 1. The van der Waals surface area contributed by atoms with Crippen LogP contribution in [0.15, 0.2) is 24.3 Å². The zero-order valence-electron chi connectivity index (χ0n) is 14.2. The molecule has 2 saturated heterocycles. The molecule has 1 aromatic carbocycles. The molecule has 23 heavy (non-hydrogen) atoms. The fourth-order valence-electron chi connectivity index (χ4n) is 3.76. The number of nitrogens with zero attached hydrogens (tertiary/aromatic N) is 2. The molecule has 0 aliphatic carbocycles. The lowest BCUT2D eigenvalue weighted by Gasteiger charge is -2.32. The highest BCUT2D eigenvalue weighted by Gasteiger charge is 2.24. The van der Waals surface area contributed by atoms with Crippen LogP contribution in [0.1, 0.15) is 41.6 Å². The number of thioether (sulfide) groups is 1. The number of hydrogen-bond donors (Lipinski definition) is 0. The Hall–Kier alpha value is -1.00. The Labute approximate surface area is 144 Å². The van der Waals surface area contributed by atoms with Crippen molar-refractivity contribution in [1.29, 1.82) is 0 Å². The lowest BCUT2D eigenvalue weighted by molar-refractivity contribution is 0.0685. The van der Waals surface area contributed by atoms with Crippen LogP contribution in [0, 0.1) is 5.92 Å². The van der Waals surface area contributed by atoms with Crippen LogP contribution in [0.4, 0.5) is 0 Å². The molecule has 0 spiro atoms. The third kappa shape index (κ3) is 4.51. The van der Waals surface area contributed by atoms with Crippen molar-refractivity contribution in [3.8, 4) is 0 Å². The van der Waals surface area contributed by atoms with Crippen molar-refractivity contribution >= 4 is 17.7 Å². The van der Waals surface area contributed by atoms with E-state index < -0.39 is 0 Å². The van der Waals surface area contributed by atoms with Crippen molar-refractivity contribution in [3.05, 3.63) is 35.4 Å². The summed E-state index contributed by atoms with van der Waals surface area (Å²) in [5.41, 5.74) is 2.17. The molecule has 0 bridgehead atoms. The summed E-state index contributed by atoms with van der Waals surface area (Å²) in [5.74, 6) is 2.04. The van der Waals surface area contributed by atoms with Crippen LogP contribution in [0.25, 0.3) is 0 Å². The number of likely N-dealkylation sites (tertiary alicyclic amines) is 2. The molecular weight excluding hydrogens is 304 g/mol. The first-order valence-electron chi connectivity index (χ1n) is 8.86. The molecule has 0 saturated carbocycles. The van der Waals surface area contributed by atoms with Gasteiger partial charge in [-0.25, -0.2) is 0 Å². The average molecular weight is 333 g/mol. The normalized spacial score (nSPS) is 22.5. The third-order valence-electron chi connectivity index (χ3n) is 5.01. The van der Waals surface area contributed by atoms with Gasteiger partial charge in [-0.2, -0.15) is 11.8 Å². The monoisotopic (exact) mass is 332 g/mol. The zero-order valence-corrected chi connectivity index (χ0v) is 15.0. The molecule has 2 aliphatic rings. The number of piperidine rings is 1. The van der Waals surface area contributed by atoms with Gasteiger partial charge in [0.15, 0.2) is 0 Å². The van der Waals surface area contributed by atoms with Crippen molar-refractivity contribution in [2.45, 2.75) is 32.2 Å². The highest BCUT2D eigenvalue weighted by molar-refractivity contribution is 7.98. The lowest BCUT2D eigenvalue weighted by atomic mass is 9.99. The van der Waals surface area contributed by atoms with E-state index in [0.717, 1.165) is 31.6 Å². The summed E-state index contributed by atoms with van der Waals surface area (Å²) >= 11 is 1.89. The Morgan fingerprint density at radius 3 is 2.57 bits per heavy atom. The fraction of sp³-hybridized carbons (Fsp3) is 0.632. The standard InChI is InChI=1S/C19H28N2OS/c1-23-15-17-5-4-12-21(14-17)19(22)18-8-6-16(7-9-18)13-20-10-2-3-11-20/h6-9,17H,2-5,10-15H2,1H3. The van der Waals surface area contributed by atoms with Crippen molar-refractivity contribution in [2.24, 2.45) is 5.92 Å². The van der Waals surface area contributed by atoms with Crippen LogP contribution in [0.2, 0.25) is 0 Å². The van der Waals surface area contributed by atoms with E-state index in [1.807, 2.05) is 23.9 Å². The van der Waals surface area contributed by atoms with Crippen molar-refractivity contribution < 1.29 is 4.79 Å². The molecule has 2 fully saturated rings. The lowest BCUT2D eigenvalue weighted by Crippen LogP contribution is -2.40. The average Bonchev–Trinajstić information content (AvgIpc) is 3.08. The topological polar surface area (TPSA) is 23.6 Å². The summed E-state index contributed by atoms with van der Waals surface area (Å²) in [5, 5.41) is 0. The summed E-state index contributed by atoms with van der Waals surface area (Å²) < 4.78 is 0. The van der Waals surface area contributed by atoms with Crippen LogP contribution < -0.4 is 0 Å². The van der Waals surface area contributed by atoms with E-state index in [4.69, 9.17) is 0 Å². The molecule has 0 radical (unpaired) electrons. The van der Waals surface area contributed by atoms with E-state index in [1.54, 1.807) is 0 Å². The minimum absolute atomic E-state index is 0.212. The summed E-state index contributed by atoms with van der Waals surface area (Å²) in [6, 6.07) is 8.31. The Bertz CT molecular complexity index is 509. The predicted molar refractivity (Wildman–Crippen MR) is 98.0 cm³/mol. The molecule has 126 valence electrons. The van der Waals surface area contributed by atoms with Crippen LogP contribution in [0.3, 0.4) is 0 Å². The second-order valence-corrected chi connectivity index (χ2v) is 7.81. The third-order valence-corrected chi connectivity index (χ3v) is 5.82. The molecule has 1 atom stereocenters. The van der Waals surface area contributed by atoms with Gasteiger partial charge in [0, 0.05) is 25.2 Å². The van der Waals surface area contributed by atoms with Crippen LogP contribution in [-0.2, 0) is 6.54 Å². The maximum atomic E-state index is 12.7. The number of rotatable bonds is 5. The Balaban J connectivity index is 1.58. The van der Waals surface area contributed by atoms with Gasteiger partial charge in [0.2, 0.25) is 0 Å². The van der Waals surface area contributed by atoms with Gasteiger partial charge in [-0.1, -0.05) is 12.1 Å². The Morgan fingerprint density at radius 2 is 1.87 bits per heavy atom. The summed E-state index contributed by atoms with van der Waals surface area (Å²) in [4.78, 5) is 17.3. The van der Waals surface area contributed by atoms with E-state index in [1.165, 1.54) is 43.7 Å². The summed E-state index contributed by atoms with van der Waals surface area (Å²) in [7, 11) is 0. The first-order chi connectivity index (χ1) is 11.3. The number of benzene rings is 1. The largest absolute Gasteiger partial charge is 0.338 e. The maximum Gasteiger partial charge on any atom is 0.253 e. The van der Waals surface area contributed by atoms with E-state index >= 15 is 0 Å². The fourth-order valence-corrected chi connectivity index (χ4v) is 4.50. The smallest absolute Gasteiger partial charge is 0.253 e. The van der Waals surface area contributed by atoms with Gasteiger partial charge < -0.3 is 4.90 Å². The quantitative estimate of drug-likeness (QED) is 0.824. The minimum atomic E-state index is 0.212. The molecule has 1 unspecified atom stereocenters. The first kappa shape index (κ1) is 16.8. The van der Waals surface area contributed by atoms with E-state index in [2.05, 4.69) is 28.2 Å². The van der Waals surface area contributed by atoms with Crippen molar-refractivity contribution in [3.63, 3.8) is 0 Å². The summed E-state index contributed by atoms with van der Waals surface area (Å²) in [6.07, 6.45) is 7.20. The molecule has 1 amide bonds. The molecule has 2 heterocycles. The first-order valence-corrected chi connectivity index (χ1v) is 10.2. The van der Waals surface area contributed by atoms with Gasteiger partial charge in [0.25, 0.3) is 5.91 Å². The van der Waals surface area contributed by atoms with Crippen molar-refractivity contribution in [1.82, 2.24) is 9.80 Å². The molecule has 3 rings (SSSR count). The predicted octanol–water partition coefficient (Wildman–Crippen LogP) is 3.50. The molecule has 3 nitrogen and oxygen atoms in total. The van der Waals surface area contributed by atoms with Gasteiger partial charge in [0.05, 0.1) is 0 Å². The maximum absolute atomic E-state index is 12.7. The Kier molecular flexibility index (Phi) is 6.01. The Morgan fingerprint density at radius 1 is 1.13 bits per heavy atom. The SMILES string of the molecule is CSCC1CCCN(C(=O)c2ccc(CN3CCCC3)cc2)C1. The second-order valence-electron chi connectivity index (χ2n) is 6.89. The van der Waals surface area contributed by atoms with Gasteiger partial charge in [-0.15, -0.1) is 0 Å². The van der Waals surface area contributed by atoms with Crippen LogP contribution >= 0.6 is 11.8 Å². The van der Waals surface area contributed by atoms with E-state index in [9.17, 15) is 4.79 Å². The molecule has 4 heteroatoms. The highest BCUT2D eigenvalue weighted by atomic mass is 32.2. The molecule has 0 N–H and O–H groups in total. The van der Waals surface area contributed by atoms with Gasteiger partial charge >= 0.3 is 0 Å². The minimum Gasteiger partial charge on any atom is -0.338 e. The summed E-state index contributed by atoms with van der Waals surface area (Å²) in [6.45, 7) is 5.29.